The van der Waals surface area contributed by atoms with Gasteiger partial charge in [0.05, 0.1) is 18.0 Å². The molecule has 22 heavy (non-hydrogen) atoms. The first-order valence-corrected chi connectivity index (χ1v) is 8.16. The molecule has 1 aromatic heterocycles. The summed E-state index contributed by atoms with van der Waals surface area (Å²) < 4.78 is 0. The predicted octanol–water partition coefficient (Wildman–Crippen LogP) is 2.53. The smallest absolute Gasteiger partial charge is 0.231 e. The number of nitrogens with one attached hydrogen (secondary N) is 1. The molecule has 6 heteroatoms. The van der Waals surface area contributed by atoms with Gasteiger partial charge in [0.15, 0.2) is 0 Å². The second-order valence-electron chi connectivity index (χ2n) is 5.66. The fraction of sp³-hybridized carbons (Fsp3) is 0.375. The number of nitrogens with zero attached hydrogens (tertiary/aromatic N) is 3. The van der Waals surface area contributed by atoms with Gasteiger partial charge in [0.1, 0.15) is 10.6 Å². The molecule has 1 unspecified atom stereocenters. The van der Waals surface area contributed by atoms with E-state index in [0.29, 0.717) is 0 Å². The van der Waals surface area contributed by atoms with E-state index in [2.05, 4.69) is 21.6 Å². The number of hydrogen-bond donors (Lipinski definition) is 1. The van der Waals surface area contributed by atoms with Gasteiger partial charge in [-0.3, -0.25) is 4.79 Å². The molecule has 2 aromatic rings. The van der Waals surface area contributed by atoms with E-state index in [0.717, 1.165) is 28.6 Å². The van der Waals surface area contributed by atoms with E-state index in [9.17, 15) is 10.1 Å². The number of rotatable bonds is 5. The Bertz CT molecular complexity index is 748. The molecule has 0 radical (unpaired) electrons. The highest BCUT2D eigenvalue weighted by Gasteiger charge is 2.42. The summed E-state index contributed by atoms with van der Waals surface area (Å²) in [6.45, 7) is 1.80. The molecule has 112 valence electrons. The van der Waals surface area contributed by atoms with Crippen molar-refractivity contribution in [1.82, 2.24) is 15.5 Å². The lowest BCUT2D eigenvalue weighted by Gasteiger charge is -2.22. The third-order valence-electron chi connectivity index (χ3n) is 3.90. The topological polar surface area (TPSA) is 78.7 Å². The molecule has 1 fully saturated rings. The maximum Gasteiger partial charge on any atom is 0.231 e. The van der Waals surface area contributed by atoms with Crippen molar-refractivity contribution in [2.75, 3.05) is 5.75 Å². The molecule has 1 aromatic carbocycles. The van der Waals surface area contributed by atoms with Crippen molar-refractivity contribution in [3.05, 3.63) is 30.5 Å². The Labute approximate surface area is 133 Å². The molecule has 1 saturated carbocycles. The van der Waals surface area contributed by atoms with Crippen LogP contribution in [-0.2, 0) is 4.79 Å². The number of fused-ring (bicyclic) bond motifs is 1. The average molecular weight is 312 g/mol. The zero-order chi connectivity index (χ0) is 15.6. The van der Waals surface area contributed by atoms with E-state index >= 15 is 0 Å². The molecule has 1 aliphatic rings. The third-order valence-corrected chi connectivity index (χ3v) is 4.88. The van der Waals surface area contributed by atoms with Crippen LogP contribution in [0.5, 0.6) is 0 Å². The zero-order valence-corrected chi connectivity index (χ0v) is 13.1. The molecule has 0 saturated heterocycles. The van der Waals surface area contributed by atoms with Crippen molar-refractivity contribution >= 4 is 28.4 Å². The summed E-state index contributed by atoms with van der Waals surface area (Å²) in [6, 6.07) is 10.0. The highest BCUT2D eigenvalue weighted by atomic mass is 32.2. The van der Waals surface area contributed by atoms with Gasteiger partial charge in [-0.15, -0.1) is 5.10 Å². The molecule has 0 bridgehead atoms. The summed E-state index contributed by atoms with van der Waals surface area (Å²) in [5.74, 6) is 0.367. The quantitative estimate of drug-likeness (QED) is 0.858. The van der Waals surface area contributed by atoms with Crippen LogP contribution in [-0.4, -0.2) is 27.4 Å². The van der Waals surface area contributed by atoms with E-state index in [1.165, 1.54) is 11.8 Å². The summed E-state index contributed by atoms with van der Waals surface area (Å²) >= 11 is 1.35. The molecule has 1 N–H and O–H groups in total. The first-order valence-electron chi connectivity index (χ1n) is 7.18. The van der Waals surface area contributed by atoms with E-state index in [-0.39, 0.29) is 17.6 Å². The second kappa shape index (κ2) is 5.93. The molecule has 0 spiro atoms. The summed E-state index contributed by atoms with van der Waals surface area (Å²) in [4.78, 5) is 12.1. The van der Waals surface area contributed by atoms with E-state index in [1.807, 2.05) is 24.3 Å². The van der Waals surface area contributed by atoms with Crippen molar-refractivity contribution < 1.29 is 4.79 Å². The lowest BCUT2D eigenvalue weighted by molar-refractivity contribution is -0.119. The van der Waals surface area contributed by atoms with Gasteiger partial charge < -0.3 is 5.32 Å². The largest absolute Gasteiger partial charge is 0.337 e. The minimum absolute atomic E-state index is 0.143. The van der Waals surface area contributed by atoms with Gasteiger partial charge in [-0.1, -0.05) is 36.0 Å². The van der Waals surface area contributed by atoms with Crippen LogP contribution in [0.3, 0.4) is 0 Å². The molecule has 3 rings (SSSR count). The van der Waals surface area contributed by atoms with Gasteiger partial charge in [-0.2, -0.15) is 10.4 Å². The Morgan fingerprint density at radius 1 is 1.50 bits per heavy atom. The summed E-state index contributed by atoms with van der Waals surface area (Å²) in [6.07, 6.45) is 3.72. The van der Waals surface area contributed by atoms with Crippen LogP contribution in [0.25, 0.3) is 10.8 Å². The van der Waals surface area contributed by atoms with Gasteiger partial charge in [-0.05, 0) is 25.7 Å². The van der Waals surface area contributed by atoms with Crippen LogP contribution >= 0.6 is 11.8 Å². The van der Waals surface area contributed by atoms with Gasteiger partial charge in [0.2, 0.25) is 5.91 Å². The number of thioether (sulfide) groups is 1. The average Bonchev–Trinajstić information content (AvgIpc) is 3.38. The first kappa shape index (κ1) is 14.8. The van der Waals surface area contributed by atoms with Crippen molar-refractivity contribution in [2.24, 2.45) is 5.92 Å². The standard InChI is InChI=1S/C16H16N4OS/c1-16(10-17,12-6-7-12)19-14(21)9-22-15-13-5-3-2-4-11(13)8-18-20-15/h2-5,8,12H,6-7,9H2,1H3,(H,19,21). The molecule has 5 nitrogen and oxygen atoms in total. The number of amides is 1. The molecule has 1 amide bonds. The van der Waals surface area contributed by atoms with Crippen LogP contribution in [0.1, 0.15) is 19.8 Å². The molecule has 0 aliphatic heterocycles. The van der Waals surface area contributed by atoms with Gasteiger partial charge in [0.25, 0.3) is 0 Å². The lowest BCUT2D eigenvalue weighted by atomic mass is 9.98. The first-order chi connectivity index (χ1) is 10.6. The monoisotopic (exact) mass is 312 g/mol. The van der Waals surface area contributed by atoms with Crippen LogP contribution in [0.2, 0.25) is 0 Å². The molecule has 1 aliphatic carbocycles. The van der Waals surface area contributed by atoms with E-state index < -0.39 is 5.54 Å². The summed E-state index contributed by atoms with van der Waals surface area (Å²) in [7, 11) is 0. The summed E-state index contributed by atoms with van der Waals surface area (Å²) in [5.41, 5.74) is -0.748. The zero-order valence-electron chi connectivity index (χ0n) is 12.2. The van der Waals surface area contributed by atoms with E-state index in [1.54, 1.807) is 13.1 Å². The number of benzene rings is 1. The SMILES string of the molecule is CC(C#N)(NC(=O)CSc1nncc2ccccc12)C1CC1. The predicted molar refractivity (Wildman–Crippen MR) is 85.1 cm³/mol. The highest BCUT2D eigenvalue weighted by Crippen LogP contribution is 2.39. The lowest BCUT2D eigenvalue weighted by Crippen LogP contribution is -2.47. The number of carbonyl (C=O) groups is 1. The van der Waals surface area contributed by atoms with Crippen LogP contribution in [0.15, 0.2) is 35.5 Å². The Hall–Kier alpha value is -2.13. The highest BCUT2D eigenvalue weighted by molar-refractivity contribution is 8.00. The van der Waals surface area contributed by atoms with Gasteiger partial charge >= 0.3 is 0 Å². The maximum absolute atomic E-state index is 12.1. The van der Waals surface area contributed by atoms with Crippen molar-refractivity contribution in [2.45, 2.75) is 30.3 Å². The number of aromatic nitrogens is 2. The molecule has 1 atom stereocenters. The minimum atomic E-state index is -0.748. The second-order valence-corrected chi connectivity index (χ2v) is 6.63. The van der Waals surface area contributed by atoms with Crippen LogP contribution in [0.4, 0.5) is 0 Å². The van der Waals surface area contributed by atoms with Crippen molar-refractivity contribution in [3.8, 4) is 6.07 Å². The van der Waals surface area contributed by atoms with Crippen LogP contribution in [0, 0.1) is 17.2 Å². The van der Waals surface area contributed by atoms with Gasteiger partial charge in [0, 0.05) is 10.8 Å². The Morgan fingerprint density at radius 3 is 3.00 bits per heavy atom. The molecular formula is C16H16N4OS. The Kier molecular flexibility index (Phi) is 3.99. The van der Waals surface area contributed by atoms with Crippen molar-refractivity contribution in [3.63, 3.8) is 0 Å². The third kappa shape index (κ3) is 3.04. The van der Waals surface area contributed by atoms with Crippen molar-refractivity contribution in [1.29, 1.82) is 5.26 Å². The fourth-order valence-electron chi connectivity index (χ4n) is 2.45. The summed E-state index contributed by atoms with van der Waals surface area (Å²) in [5, 5.41) is 22.9. The Balaban J connectivity index is 1.67. The molecular weight excluding hydrogens is 296 g/mol. The molecule has 1 heterocycles. The normalized spacial score (nSPS) is 16.7. The number of carbonyl (C=O) groups excluding carboxylic acids is 1. The fourth-order valence-corrected chi connectivity index (χ4v) is 3.24. The van der Waals surface area contributed by atoms with Gasteiger partial charge in [-0.25, -0.2) is 0 Å². The van der Waals surface area contributed by atoms with E-state index in [4.69, 9.17) is 0 Å². The Morgan fingerprint density at radius 2 is 2.27 bits per heavy atom. The maximum atomic E-state index is 12.1. The number of hydrogen-bond acceptors (Lipinski definition) is 5. The number of nitriles is 1. The van der Waals surface area contributed by atoms with Crippen LogP contribution < -0.4 is 5.32 Å². The minimum Gasteiger partial charge on any atom is -0.337 e.